The lowest BCUT2D eigenvalue weighted by Gasteiger charge is -2.31. The quantitative estimate of drug-likeness (QED) is 0.641. The van der Waals surface area contributed by atoms with Crippen molar-refractivity contribution in [3.8, 4) is 0 Å². The summed E-state index contributed by atoms with van der Waals surface area (Å²) in [6.45, 7) is 4.89. The number of aryl methyl sites for hydroxylation is 2. The number of nitrogens with zero attached hydrogens (tertiary/aromatic N) is 1. The zero-order chi connectivity index (χ0) is 20.5. The van der Waals surface area contributed by atoms with Gasteiger partial charge in [-0.05, 0) is 85.7 Å². The number of carbonyl (C=O) groups excluding carboxylic acids is 1. The summed E-state index contributed by atoms with van der Waals surface area (Å²) in [6.07, 6.45) is 4.22. The zero-order valence-electron chi connectivity index (χ0n) is 16.9. The molecule has 1 heterocycles. The molecule has 0 fully saturated rings. The number of amides is 1. The summed E-state index contributed by atoms with van der Waals surface area (Å²) in [7, 11) is 0. The Bertz CT molecular complexity index is 1120. The highest BCUT2D eigenvalue weighted by atomic mass is 16.4. The molecule has 3 aromatic rings. The standard InChI is InChI=1S/C24H26N2O3/c1-3-15(2)26(20-9-7-16(8-10-20)24(25)28)14-19-13-23(27)29-22-12-18-6-4-5-17(18)11-21(19)22/h7-13,15H,3-6,14H2,1-2H3,(H2,25,28). The molecule has 2 aromatic carbocycles. The number of hydrogen-bond donors (Lipinski definition) is 1. The summed E-state index contributed by atoms with van der Waals surface area (Å²) in [5.41, 5.74) is 10.8. The van der Waals surface area contributed by atoms with Gasteiger partial charge in [0.05, 0.1) is 0 Å². The van der Waals surface area contributed by atoms with Crippen molar-refractivity contribution in [3.63, 3.8) is 0 Å². The maximum atomic E-state index is 12.2. The molecular formula is C24H26N2O3. The fraction of sp³-hybridized carbons (Fsp3) is 0.333. The average molecular weight is 390 g/mol. The van der Waals surface area contributed by atoms with Gasteiger partial charge in [0.15, 0.2) is 0 Å². The van der Waals surface area contributed by atoms with Crippen LogP contribution in [0.3, 0.4) is 0 Å². The van der Waals surface area contributed by atoms with E-state index in [0.717, 1.165) is 42.3 Å². The third-order valence-corrected chi connectivity index (χ3v) is 5.99. The van der Waals surface area contributed by atoms with Gasteiger partial charge in [-0.2, -0.15) is 0 Å². The van der Waals surface area contributed by atoms with Gasteiger partial charge in [-0.1, -0.05) is 6.92 Å². The minimum Gasteiger partial charge on any atom is -0.423 e. The van der Waals surface area contributed by atoms with E-state index in [2.05, 4.69) is 24.8 Å². The SMILES string of the molecule is CCC(C)N(Cc1cc(=O)oc2cc3c(cc12)CCC3)c1ccc(C(N)=O)cc1. The van der Waals surface area contributed by atoms with E-state index in [1.807, 2.05) is 18.2 Å². The van der Waals surface area contributed by atoms with Crippen LogP contribution in [0.1, 0.15) is 53.7 Å². The van der Waals surface area contributed by atoms with Crippen molar-refractivity contribution >= 4 is 22.6 Å². The van der Waals surface area contributed by atoms with Gasteiger partial charge in [-0.15, -0.1) is 0 Å². The Kier molecular flexibility index (Phi) is 5.14. The average Bonchev–Trinajstić information content (AvgIpc) is 3.17. The van der Waals surface area contributed by atoms with Gasteiger partial charge >= 0.3 is 5.63 Å². The molecule has 150 valence electrons. The normalized spacial score (nSPS) is 14.0. The molecular weight excluding hydrogens is 364 g/mol. The second-order valence-corrected chi connectivity index (χ2v) is 7.86. The monoisotopic (exact) mass is 390 g/mol. The summed E-state index contributed by atoms with van der Waals surface area (Å²) >= 11 is 0. The van der Waals surface area contributed by atoms with Crippen LogP contribution in [0.5, 0.6) is 0 Å². The van der Waals surface area contributed by atoms with E-state index in [4.69, 9.17) is 10.2 Å². The van der Waals surface area contributed by atoms with E-state index in [0.29, 0.717) is 17.7 Å². The second-order valence-electron chi connectivity index (χ2n) is 7.86. The molecule has 1 atom stereocenters. The highest BCUT2D eigenvalue weighted by Crippen LogP contribution is 2.30. The van der Waals surface area contributed by atoms with Crippen LogP contribution in [-0.2, 0) is 19.4 Å². The van der Waals surface area contributed by atoms with Crippen molar-refractivity contribution in [2.75, 3.05) is 4.90 Å². The van der Waals surface area contributed by atoms with E-state index in [-0.39, 0.29) is 11.7 Å². The Hall–Kier alpha value is -3.08. The first-order valence-corrected chi connectivity index (χ1v) is 10.2. The Morgan fingerprint density at radius 3 is 2.48 bits per heavy atom. The topological polar surface area (TPSA) is 76.5 Å². The molecule has 0 spiro atoms. The zero-order valence-corrected chi connectivity index (χ0v) is 16.9. The van der Waals surface area contributed by atoms with Gasteiger partial charge in [0.25, 0.3) is 0 Å². The van der Waals surface area contributed by atoms with Crippen molar-refractivity contribution in [2.45, 2.75) is 52.1 Å². The number of benzene rings is 2. The second kappa shape index (κ2) is 7.74. The van der Waals surface area contributed by atoms with Crippen LogP contribution < -0.4 is 16.3 Å². The summed E-state index contributed by atoms with van der Waals surface area (Å²) in [4.78, 5) is 25.9. The number of anilines is 1. The van der Waals surface area contributed by atoms with E-state index >= 15 is 0 Å². The molecule has 0 aliphatic heterocycles. The summed E-state index contributed by atoms with van der Waals surface area (Å²) in [6, 6.07) is 13.4. The lowest BCUT2D eigenvalue weighted by molar-refractivity contribution is 0.100. The first kappa shape index (κ1) is 19.2. The molecule has 0 saturated heterocycles. The van der Waals surface area contributed by atoms with Gasteiger partial charge in [-0.25, -0.2) is 4.79 Å². The number of nitrogens with two attached hydrogens (primary N) is 1. The molecule has 2 N–H and O–H groups in total. The van der Waals surface area contributed by atoms with Gasteiger partial charge in [0.1, 0.15) is 5.58 Å². The van der Waals surface area contributed by atoms with E-state index in [1.54, 1.807) is 18.2 Å². The van der Waals surface area contributed by atoms with Crippen LogP contribution in [-0.4, -0.2) is 11.9 Å². The lowest BCUT2D eigenvalue weighted by atomic mass is 10.0. The molecule has 1 unspecified atom stereocenters. The number of primary amides is 1. The van der Waals surface area contributed by atoms with Gasteiger partial charge in [-0.3, -0.25) is 4.79 Å². The van der Waals surface area contributed by atoms with Gasteiger partial charge < -0.3 is 15.1 Å². The first-order chi connectivity index (χ1) is 14.0. The Morgan fingerprint density at radius 2 is 1.83 bits per heavy atom. The maximum Gasteiger partial charge on any atom is 0.336 e. The summed E-state index contributed by atoms with van der Waals surface area (Å²) < 4.78 is 5.52. The predicted molar refractivity (Wildman–Crippen MR) is 115 cm³/mol. The highest BCUT2D eigenvalue weighted by molar-refractivity contribution is 5.93. The van der Waals surface area contributed by atoms with Crippen LogP contribution in [0.2, 0.25) is 0 Å². The summed E-state index contributed by atoms with van der Waals surface area (Å²) in [5.74, 6) is -0.438. The molecule has 1 aromatic heterocycles. The van der Waals surface area contributed by atoms with Crippen LogP contribution in [0.4, 0.5) is 5.69 Å². The molecule has 1 amide bonds. The van der Waals surface area contributed by atoms with Gasteiger partial charge in [0.2, 0.25) is 5.91 Å². The van der Waals surface area contributed by atoms with E-state index in [9.17, 15) is 9.59 Å². The molecule has 5 nitrogen and oxygen atoms in total. The van der Waals surface area contributed by atoms with Crippen molar-refractivity contribution in [3.05, 3.63) is 75.1 Å². The Labute approximate surface area is 170 Å². The summed E-state index contributed by atoms with van der Waals surface area (Å²) in [5, 5.41) is 1.01. The lowest BCUT2D eigenvalue weighted by Crippen LogP contribution is -2.32. The molecule has 1 aliphatic carbocycles. The Morgan fingerprint density at radius 1 is 1.14 bits per heavy atom. The van der Waals surface area contributed by atoms with Crippen LogP contribution in [0.15, 0.2) is 51.7 Å². The largest absolute Gasteiger partial charge is 0.423 e. The van der Waals surface area contributed by atoms with Crippen molar-refractivity contribution in [1.29, 1.82) is 0 Å². The van der Waals surface area contributed by atoms with E-state index < -0.39 is 5.91 Å². The molecule has 5 heteroatoms. The molecule has 0 saturated carbocycles. The number of fused-ring (bicyclic) bond motifs is 2. The van der Waals surface area contributed by atoms with Crippen LogP contribution in [0.25, 0.3) is 11.0 Å². The minimum absolute atomic E-state index is 0.256. The molecule has 1 aliphatic rings. The minimum atomic E-state index is -0.438. The molecule has 0 radical (unpaired) electrons. The third kappa shape index (κ3) is 3.77. The van der Waals surface area contributed by atoms with E-state index in [1.165, 1.54) is 11.1 Å². The number of carbonyl (C=O) groups is 1. The molecule has 0 bridgehead atoms. The van der Waals surface area contributed by atoms with Crippen molar-refractivity contribution < 1.29 is 9.21 Å². The third-order valence-electron chi connectivity index (χ3n) is 5.99. The number of hydrogen-bond acceptors (Lipinski definition) is 4. The maximum absolute atomic E-state index is 12.2. The van der Waals surface area contributed by atoms with Crippen LogP contribution >= 0.6 is 0 Å². The number of rotatable bonds is 6. The fourth-order valence-corrected chi connectivity index (χ4v) is 4.15. The first-order valence-electron chi connectivity index (χ1n) is 10.2. The predicted octanol–water partition coefficient (Wildman–Crippen LogP) is 4.19. The van der Waals surface area contributed by atoms with Gasteiger partial charge in [0, 0.05) is 35.3 Å². The fourth-order valence-electron chi connectivity index (χ4n) is 4.15. The molecule has 29 heavy (non-hydrogen) atoms. The Balaban J connectivity index is 1.77. The highest BCUT2D eigenvalue weighted by Gasteiger charge is 2.19. The van der Waals surface area contributed by atoms with Crippen molar-refractivity contribution in [2.24, 2.45) is 5.73 Å². The smallest absolute Gasteiger partial charge is 0.336 e. The van der Waals surface area contributed by atoms with Crippen LogP contribution in [0, 0.1) is 0 Å². The molecule has 4 rings (SSSR count). The van der Waals surface area contributed by atoms with Crippen molar-refractivity contribution in [1.82, 2.24) is 0 Å².